The van der Waals surface area contributed by atoms with E-state index in [1.165, 1.54) is 11.3 Å². The van der Waals surface area contributed by atoms with Crippen molar-refractivity contribution in [1.82, 2.24) is 19.6 Å². The van der Waals surface area contributed by atoms with Gasteiger partial charge in [-0.05, 0) is 32.7 Å². The SMILES string of the molecule is CCCn1nc(C(=O)N2CCSCC2)c2c1CCC(N(C)CCOC)C2. The van der Waals surface area contributed by atoms with Crippen LogP contribution in [0.5, 0.6) is 0 Å². The van der Waals surface area contributed by atoms with Gasteiger partial charge < -0.3 is 14.5 Å². The van der Waals surface area contributed by atoms with Gasteiger partial charge in [0.1, 0.15) is 0 Å². The molecule has 2 heterocycles. The molecule has 0 bridgehead atoms. The lowest BCUT2D eigenvalue weighted by Crippen LogP contribution is -2.40. The molecule has 3 rings (SSSR count). The first kappa shape index (κ1) is 19.7. The van der Waals surface area contributed by atoms with Gasteiger partial charge >= 0.3 is 0 Å². The quantitative estimate of drug-likeness (QED) is 0.723. The lowest BCUT2D eigenvalue weighted by Gasteiger charge is -2.32. The number of carbonyl (C=O) groups is 1. The Hall–Kier alpha value is -1.05. The number of rotatable bonds is 7. The predicted molar refractivity (Wildman–Crippen MR) is 106 cm³/mol. The van der Waals surface area contributed by atoms with Crippen molar-refractivity contribution in [3.05, 3.63) is 17.0 Å². The van der Waals surface area contributed by atoms with Gasteiger partial charge in [-0.15, -0.1) is 0 Å². The molecule has 146 valence electrons. The first-order chi connectivity index (χ1) is 12.7. The second kappa shape index (κ2) is 9.24. The molecule has 0 radical (unpaired) electrons. The van der Waals surface area contributed by atoms with Crippen LogP contribution in [0, 0.1) is 0 Å². The summed E-state index contributed by atoms with van der Waals surface area (Å²) in [5.41, 5.74) is 3.20. The van der Waals surface area contributed by atoms with E-state index in [-0.39, 0.29) is 5.91 Å². The van der Waals surface area contributed by atoms with E-state index in [9.17, 15) is 4.79 Å². The number of hydrogen-bond acceptors (Lipinski definition) is 5. The van der Waals surface area contributed by atoms with Crippen molar-refractivity contribution in [3.63, 3.8) is 0 Å². The van der Waals surface area contributed by atoms with E-state index in [2.05, 4.69) is 23.6 Å². The summed E-state index contributed by atoms with van der Waals surface area (Å²) in [6, 6.07) is 0.459. The molecule has 7 heteroatoms. The third-order valence-electron chi connectivity index (χ3n) is 5.53. The molecule has 1 saturated heterocycles. The van der Waals surface area contributed by atoms with E-state index in [1.807, 2.05) is 16.7 Å². The van der Waals surface area contributed by atoms with Crippen LogP contribution in [0.1, 0.15) is 41.5 Å². The van der Waals surface area contributed by atoms with E-state index in [1.54, 1.807) is 7.11 Å². The van der Waals surface area contributed by atoms with Gasteiger partial charge in [-0.25, -0.2) is 0 Å². The van der Waals surface area contributed by atoms with Gasteiger partial charge in [-0.3, -0.25) is 9.48 Å². The largest absolute Gasteiger partial charge is 0.383 e. The number of nitrogens with zero attached hydrogens (tertiary/aromatic N) is 4. The first-order valence-electron chi connectivity index (χ1n) is 9.80. The fraction of sp³-hybridized carbons (Fsp3) is 0.789. The molecular formula is C19H32N4O2S. The van der Waals surface area contributed by atoms with E-state index < -0.39 is 0 Å². The van der Waals surface area contributed by atoms with E-state index >= 15 is 0 Å². The monoisotopic (exact) mass is 380 g/mol. The molecule has 1 unspecified atom stereocenters. The standard InChI is InChI=1S/C19H32N4O2S/c1-4-7-23-17-6-5-15(21(2)8-11-25-3)14-16(17)18(20-23)19(24)22-9-12-26-13-10-22/h15H,4-14H2,1-3H3. The highest BCUT2D eigenvalue weighted by Gasteiger charge is 2.32. The third-order valence-corrected chi connectivity index (χ3v) is 6.47. The van der Waals surface area contributed by atoms with Crippen molar-refractivity contribution < 1.29 is 9.53 Å². The molecule has 0 N–H and O–H groups in total. The van der Waals surface area contributed by atoms with Crippen LogP contribution in [-0.2, 0) is 24.1 Å². The maximum absolute atomic E-state index is 13.1. The zero-order valence-corrected chi connectivity index (χ0v) is 17.2. The molecule has 1 fully saturated rings. The van der Waals surface area contributed by atoms with Gasteiger partial charge in [-0.2, -0.15) is 16.9 Å². The molecule has 0 spiro atoms. The fourth-order valence-electron chi connectivity index (χ4n) is 3.95. The molecule has 1 atom stereocenters. The van der Waals surface area contributed by atoms with E-state index in [4.69, 9.17) is 9.84 Å². The van der Waals surface area contributed by atoms with Gasteiger partial charge in [0.05, 0.1) is 6.61 Å². The van der Waals surface area contributed by atoms with E-state index in [0.717, 1.165) is 70.0 Å². The number of aromatic nitrogens is 2. The summed E-state index contributed by atoms with van der Waals surface area (Å²) in [7, 11) is 3.91. The van der Waals surface area contributed by atoms with Crippen LogP contribution in [0.2, 0.25) is 0 Å². The van der Waals surface area contributed by atoms with Crippen LogP contribution < -0.4 is 0 Å². The second-order valence-electron chi connectivity index (χ2n) is 7.27. The number of amides is 1. The normalized spacial score (nSPS) is 20.5. The average molecular weight is 381 g/mol. The first-order valence-corrected chi connectivity index (χ1v) is 11.0. The van der Waals surface area contributed by atoms with Crippen LogP contribution in [0.3, 0.4) is 0 Å². The smallest absolute Gasteiger partial charge is 0.274 e. The molecule has 1 amide bonds. The van der Waals surface area contributed by atoms with Gasteiger partial charge in [0, 0.05) is 62.1 Å². The molecular weight excluding hydrogens is 348 g/mol. The van der Waals surface area contributed by atoms with Crippen LogP contribution in [-0.4, -0.2) is 83.4 Å². The molecule has 0 saturated carbocycles. The number of aryl methyl sites for hydroxylation is 1. The summed E-state index contributed by atoms with van der Waals surface area (Å²) in [6.45, 7) is 6.42. The van der Waals surface area contributed by atoms with Crippen molar-refractivity contribution in [3.8, 4) is 0 Å². The number of likely N-dealkylation sites (N-methyl/N-ethyl adjacent to an activating group) is 1. The van der Waals surface area contributed by atoms with Crippen molar-refractivity contribution in [2.45, 2.75) is 45.2 Å². The Morgan fingerprint density at radius 3 is 2.85 bits per heavy atom. The number of fused-ring (bicyclic) bond motifs is 1. The molecule has 1 aromatic rings. The van der Waals surface area contributed by atoms with E-state index in [0.29, 0.717) is 11.7 Å². The zero-order valence-electron chi connectivity index (χ0n) is 16.4. The van der Waals surface area contributed by atoms with Crippen LogP contribution in [0.4, 0.5) is 0 Å². The molecule has 1 aromatic heterocycles. The summed E-state index contributed by atoms with van der Waals surface area (Å²) >= 11 is 1.93. The lowest BCUT2D eigenvalue weighted by molar-refractivity contribution is 0.0763. The van der Waals surface area contributed by atoms with Crippen LogP contribution in [0.25, 0.3) is 0 Å². The topological polar surface area (TPSA) is 50.6 Å². The minimum atomic E-state index is 0.136. The predicted octanol–water partition coefficient (Wildman–Crippen LogP) is 1.92. The Bertz CT molecular complexity index is 613. The minimum absolute atomic E-state index is 0.136. The maximum atomic E-state index is 13.1. The van der Waals surface area contributed by atoms with Gasteiger partial charge in [0.2, 0.25) is 0 Å². The number of ether oxygens (including phenoxy) is 1. The highest BCUT2D eigenvalue weighted by molar-refractivity contribution is 7.99. The van der Waals surface area contributed by atoms with Crippen LogP contribution >= 0.6 is 11.8 Å². The summed E-state index contributed by atoms with van der Waals surface area (Å²) in [5, 5.41) is 4.79. The summed E-state index contributed by atoms with van der Waals surface area (Å²) in [5.74, 6) is 2.20. The Balaban J connectivity index is 1.83. The number of thioether (sulfide) groups is 1. The van der Waals surface area contributed by atoms with Gasteiger partial charge in [0.25, 0.3) is 5.91 Å². The Morgan fingerprint density at radius 1 is 1.38 bits per heavy atom. The fourth-order valence-corrected chi connectivity index (χ4v) is 4.85. The molecule has 26 heavy (non-hydrogen) atoms. The van der Waals surface area contributed by atoms with Crippen molar-refractivity contribution >= 4 is 17.7 Å². The third kappa shape index (κ3) is 4.26. The Morgan fingerprint density at radius 2 is 2.15 bits per heavy atom. The summed E-state index contributed by atoms with van der Waals surface area (Å²) < 4.78 is 7.33. The number of hydrogen-bond donors (Lipinski definition) is 0. The average Bonchev–Trinajstić information content (AvgIpc) is 3.04. The maximum Gasteiger partial charge on any atom is 0.274 e. The minimum Gasteiger partial charge on any atom is -0.383 e. The van der Waals surface area contributed by atoms with Crippen LogP contribution in [0.15, 0.2) is 0 Å². The Kier molecular flexibility index (Phi) is 7.00. The van der Waals surface area contributed by atoms with Crippen molar-refractivity contribution in [2.75, 3.05) is 51.9 Å². The molecule has 6 nitrogen and oxygen atoms in total. The molecule has 2 aliphatic rings. The van der Waals surface area contributed by atoms with Gasteiger partial charge in [0.15, 0.2) is 5.69 Å². The lowest BCUT2D eigenvalue weighted by atomic mass is 9.90. The number of methoxy groups -OCH3 is 1. The van der Waals surface area contributed by atoms with Crippen molar-refractivity contribution in [1.29, 1.82) is 0 Å². The van der Waals surface area contributed by atoms with Crippen molar-refractivity contribution in [2.24, 2.45) is 0 Å². The summed E-state index contributed by atoms with van der Waals surface area (Å²) in [6.07, 6.45) is 4.09. The molecule has 0 aromatic carbocycles. The highest BCUT2D eigenvalue weighted by Crippen LogP contribution is 2.28. The molecule has 1 aliphatic carbocycles. The summed E-state index contributed by atoms with van der Waals surface area (Å²) in [4.78, 5) is 17.5. The van der Waals surface area contributed by atoms with Gasteiger partial charge in [-0.1, -0.05) is 6.92 Å². The zero-order chi connectivity index (χ0) is 18.5. The highest BCUT2D eigenvalue weighted by atomic mass is 32.2. The Labute approximate surface area is 161 Å². The molecule has 1 aliphatic heterocycles. The second-order valence-corrected chi connectivity index (χ2v) is 8.50. The number of carbonyl (C=O) groups excluding carboxylic acids is 1.